The van der Waals surface area contributed by atoms with Crippen LogP contribution in [0.15, 0.2) is 0 Å². The van der Waals surface area contributed by atoms with E-state index in [2.05, 4.69) is 13.8 Å². The maximum atomic E-state index is 12.8. The first-order valence-electron chi connectivity index (χ1n) is 38.0. The highest BCUT2D eigenvalue weighted by atomic mass is 31.2. The van der Waals surface area contributed by atoms with Crippen molar-refractivity contribution in [1.82, 2.24) is 0 Å². The summed E-state index contributed by atoms with van der Waals surface area (Å²) in [4.78, 5) is 35.4. The maximum Gasteiger partial charge on any atom is 0.472 e. The van der Waals surface area contributed by atoms with Crippen molar-refractivity contribution in [3.63, 3.8) is 0 Å². The Morgan fingerprint density at radius 3 is 0.726 bits per heavy atom. The molecule has 3 N–H and O–H groups in total. The second kappa shape index (κ2) is 71.1. The first kappa shape index (κ1) is 83.0. The zero-order valence-electron chi connectivity index (χ0n) is 56.7. The fourth-order valence-electron chi connectivity index (χ4n) is 12.1. The van der Waals surface area contributed by atoms with Crippen LogP contribution in [0.4, 0.5) is 0 Å². The van der Waals surface area contributed by atoms with Gasteiger partial charge in [-0.2, -0.15) is 0 Å². The van der Waals surface area contributed by atoms with Crippen molar-refractivity contribution in [2.45, 2.75) is 437 Å². The lowest BCUT2D eigenvalue weighted by atomic mass is 10.0. The van der Waals surface area contributed by atoms with E-state index < -0.39 is 26.5 Å². The fourth-order valence-corrected chi connectivity index (χ4v) is 12.9. The normalized spacial score (nSPS) is 12.8. The molecule has 0 heterocycles. The molecule has 0 spiro atoms. The minimum atomic E-state index is -4.39. The third kappa shape index (κ3) is 70.1. The van der Waals surface area contributed by atoms with Crippen LogP contribution in [0.1, 0.15) is 431 Å². The van der Waals surface area contributed by atoms with Gasteiger partial charge in [0.15, 0.2) is 6.10 Å². The number of hydrogen-bond acceptors (Lipinski definition) is 8. The van der Waals surface area contributed by atoms with Crippen LogP contribution in [0.2, 0.25) is 0 Å². The highest BCUT2D eigenvalue weighted by molar-refractivity contribution is 7.47. The third-order valence-electron chi connectivity index (χ3n) is 17.7. The zero-order chi connectivity index (χ0) is 60.9. The second-order valence-electron chi connectivity index (χ2n) is 26.2. The van der Waals surface area contributed by atoms with E-state index in [1.165, 1.54) is 366 Å². The van der Waals surface area contributed by atoms with E-state index in [1.54, 1.807) is 0 Å². The Morgan fingerprint density at radius 2 is 0.512 bits per heavy atom. The molecule has 0 aliphatic heterocycles. The average molecular weight is 1210 g/mol. The molecule has 9 nitrogen and oxygen atoms in total. The number of ether oxygens (including phenoxy) is 2. The first-order valence-corrected chi connectivity index (χ1v) is 39.5. The van der Waals surface area contributed by atoms with E-state index in [1.807, 2.05) is 0 Å². The lowest BCUT2D eigenvalue weighted by molar-refractivity contribution is -0.161. The Morgan fingerprint density at radius 1 is 0.310 bits per heavy atom. The number of esters is 2. The molecule has 0 aromatic carbocycles. The van der Waals surface area contributed by atoms with Crippen LogP contribution >= 0.6 is 7.82 Å². The molecule has 0 aromatic rings. The Labute approximate surface area is 524 Å². The molecule has 0 saturated heterocycles. The van der Waals surface area contributed by atoms with Crippen molar-refractivity contribution in [2.24, 2.45) is 5.73 Å². The number of carbonyl (C=O) groups excluding carboxylic acids is 2. The smallest absolute Gasteiger partial charge is 0.462 e. The summed E-state index contributed by atoms with van der Waals surface area (Å²) in [5.41, 5.74) is 5.41. The summed E-state index contributed by atoms with van der Waals surface area (Å²) in [6, 6.07) is 0. The summed E-state index contributed by atoms with van der Waals surface area (Å²) in [6.07, 6.45) is 85.3. The average Bonchev–Trinajstić information content (AvgIpc) is 3.55. The zero-order valence-corrected chi connectivity index (χ0v) is 57.6. The summed E-state index contributed by atoms with van der Waals surface area (Å²) in [6.45, 7) is 3.85. The molecule has 0 fully saturated rings. The van der Waals surface area contributed by atoms with Gasteiger partial charge in [-0.1, -0.05) is 406 Å². The molecule has 0 aromatic heterocycles. The van der Waals surface area contributed by atoms with Gasteiger partial charge < -0.3 is 20.1 Å². The van der Waals surface area contributed by atoms with Gasteiger partial charge >= 0.3 is 19.8 Å². The van der Waals surface area contributed by atoms with Crippen LogP contribution in [0, 0.1) is 0 Å². The molecule has 84 heavy (non-hydrogen) atoms. The minimum Gasteiger partial charge on any atom is -0.462 e. The highest BCUT2D eigenvalue weighted by Crippen LogP contribution is 2.43. The Kier molecular flexibility index (Phi) is 70.3. The molecule has 0 rings (SSSR count). The summed E-state index contributed by atoms with van der Waals surface area (Å²) >= 11 is 0. The standard InChI is InChI=1S/C74H148NO8P/c1-3-5-7-9-11-13-15-17-19-21-23-25-27-28-29-30-31-32-33-34-35-36-37-38-39-40-41-42-43-44-45-47-49-51-53-55-57-59-61-63-65-67-74(77)83-72(71-82-84(78,79)81-69-68-75)70-80-73(76)66-64-62-60-58-56-54-52-50-48-46-26-24-22-20-18-16-14-12-10-8-6-4-2/h72H,3-71,75H2,1-2H3,(H,78,79). The number of hydrogen-bond donors (Lipinski definition) is 2. The van der Waals surface area contributed by atoms with Crippen LogP contribution in [0.25, 0.3) is 0 Å². The summed E-state index contributed by atoms with van der Waals surface area (Å²) in [5.74, 6) is -0.797. The van der Waals surface area contributed by atoms with Crippen molar-refractivity contribution in [2.75, 3.05) is 26.4 Å². The van der Waals surface area contributed by atoms with E-state index >= 15 is 0 Å². The fraction of sp³-hybridized carbons (Fsp3) is 0.973. The topological polar surface area (TPSA) is 134 Å². The lowest BCUT2D eigenvalue weighted by Gasteiger charge is -2.19. The molecule has 0 aliphatic carbocycles. The van der Waals surface area contributed by atoms with Crippen molar-refractivity contribution in [3.05, 3.63) is 0 Å². The van der Waals surface area contributed by atoms with Crippen LogP contribution in [-0.4, -0.2) is 49.3 Å². The van der Waals surface area contributed by atoms with Gasteiger partial charge in [-0.15, -0.1) is 0 Å². The predicted octanol–water partition coefficient (Wildman–Crippen LogP) is 24.9. The quantitative estimate of drug-likeness (QED) is 0.0347. The minimum absolute atomic E-state index is 0.0588. The summed E-state index contributed by atoms with van der Waals surface area (Å²) in [7, 11) is -4.39. The predicted molar refractivity (Wildman–Crippen MR) is 363 cm³/mol. The first-order chi connectivity index (χ1) is 41.3. The monoisotopic (exact) mass is 1210 g/mol. The van der Waals surface area contributed by atoms with E-state index in [0.717, 1.165) is 32.1 Å². The van der Waals surface area contributed by atoms with Crippen molar-refractivity contribution < 1.29 is 37.6 Å². The number of carbonyl (C=O) groups is 2. The Hall–Kier alpha value is -0.990. The molecule has 0 aliphatic rings. The highest BCUT2D eigenvalue weighted by Gasteiger charge is 2.26. The molecule has 502 valence electrons. The van der Waals surface area contributed by atoms with Gasteiger partial charge in [-0.05, 0) is 12.8 Å². The molecule has 0 radical (unpaired) electrons. The van der Waals surface area contributed by atoms with E-state index in [9.17, 15) is 19.0 Å². The number of phosphoric ester groups is 1. The van der Waals surface area contributed by atoms with Crippen molar-refractivity contribution in [3.8, 4) is 0 Å². The van der Waals surface area contributed by atoms with Gasteiger partial charge in [0.2, 0.25) is 0 Å². The van der Waals surface area contributed by atoms with E-state index in [-0.39, 0.29) is 32.1 Å². The van der Waals surface area contributed by atoms with Gasteiger partial charge in [0.05, 0.1) is 13.2 Å². The molecular weight excluding hydrogens is 1060 g/mol. The summed E-state index contributed by atoms with van der Waals surface area (Å²) in [5, 5.41) is 0. The lowest BCUT2D eigenvalue weighted by Crippen LogP contribution is -2.29. The largest absolute Gasteiger partial charge is 0.472 e. The number of phosphoric acid groups is 1. The molecular formula is C74H148NO8P. The molecule has 2 atom stereocenters. The van der Waals surface area contributed by atoms with E-state index in [0.29, 0.717) is 12.8 Å². The van der Waals surface area contributed by atoms with Gasteiger partial charge in [-0.25, -0.2) is 4.57 Å². The maximum absolute atomic E-state index is 12.8. The summed E-state index contributed by atoms with van der Waals surface area (Å²) < 4.78 is 33.2. The Bertz CT molecular complexity index is 1340. The van der Waals surface area contributed by atoms with Crippen LogP contribution in [0.3, 0.4) is 0 Å². The van der Waals surface area contributed by atoms with Crippen LogP contribution < -0.4 is 5.73 Å². The van der Waals surface area contributed by atoms with Crippen molar-refractivity contribution >= 4 is 19.8 Å². The molecule has 10 heteroatoms. The van der Waals surface area contributed by atoms with Gasteiger partial charge in [0.1, 0.15) is 6.61 Å². The van der Waals surface area contributed by atoms with E-state index in [4.69, 9.17) is 24.3 Å². The van der Waals surface area contributed by atoms with Crippen LogP contribution in [-0.2, 0) is 32.7 Å². The molecule has 2 unspecified atom stereocenters. The number of unbranched alkanes of at least 4 members (excludes halogenated alkanes) is 61. The van der Waals surface area contributed by atoms with Crippen LogP contribution in [0.5, 0.6) is 0 Å². The van der Waals surface area contributed by atoms with Gasteiger partial charge in [0, 0.05) is 19.4 Å². The molecule has 0 bridgehead atoms. The van der Waals surface area contributed by atoms with Gasteiger partial charge in [0.25, 0.3) is 0 Å². The van der Waals surface area contributed by atoms with Gasteiger partial charge in [-0.3, -0.25) is 18.6 Å². The molecule has 0 saturated carbocycles. The second-order valence-corrected chi connectivity index (χ2v) is 27.7. The SMILES string of the molecule is CCCCCCCCCCCCCCCCCCCCCCCCCCCCCCCCCCCCCCCCCCCC(=O)OC(COC(=O)CCCCCCCCCCCCCCCCCCCCCCCC)COP(=O)(O)OCCN. The number of rotatable bonds is 74. The number of nitrogens with two attached hydrogens (primary N) is 1. The third-order valence-corrected chi connectivity index (χ3v) is 18.7. The molecule has 0 amide bonds. The Balaban J connectivity index is 3.69. The van der Waals surface area contributed by atoms with Crippen molar-refractivity contribution in [1.29, 1.82) is 0 Å².